The molecule has 0 bridgehead atoms. The minimum absolute atomic E-state index is 0.0676. The Morgan fingerprint density at radius 1 is 1.26 bits per heavy atom. The summed E-state index contributed by atoms with van der Waals surface area (Å²) in [5, 5.41) is 15.0. The average molecular weight is 314 g/mol. The van der Waals surface area contributed by atoms with Crippen molar-refractivity contribution < 1.29 is 19.1 Å². The predicted octanol–water partition coefficient (Wildman–Crippen LogP) is 2.10. The van der Waals surface area contributed by atoms with Gasteiger partial charge in [0.2, 0.25) is 11.8 Å². The van der Waals surface area contributed by atoms with Crippen LogP contribution in [0.2, 0.25) is 0 Å². The molecule has 2 amide bonds. The Morgan fingerprint density at radius 2 is 2.00 bits per heavy atom. The van der Waals surface area contributed by atoms with E-state index in [0.717, 1.165) is 5.56 Å². The molecular weight excluding hydrogens is 296 g/mol. The number of rotatable bonds is 6. The van der Waals surface area contributed by atoms with Crippen LogP contribution in [0.4, 0.5) is 5.69 Å². The van der Waals surface area contributed by atoms with Gasteiger partial charge in [0.1, 0.15) is 11.9 Å². The zero-order valence-corrected chi connectivity index (χ0v) is 12.7. The first-order valence-electron chi connectivity index (χ1n) is 7.09. The van der Waals surface area contributed by atoms with Gasteiger partial charge in [-0.1, -0.05) is 12.1 Å². The van der Waals surface area contributed by atoms with Gasteiger partial charge in [-0.2, -0.15) is 0 Å². The highest BCUT2D eigenvalue weighted by molar-refractivity contribution is 5.92. The Hall–Kier alpha value is -2.86. The lowest BCUT2D eigenvalue weighted by Crippen LogP contribution is -2.26. The molecule has 120 valence electrons. The van der Waals surface area contributed by atoms with Gasteiger partial charge >= 0.3 is 0 Å². The summed E-state index contributed by atoms with van der Waals surface area (Å²) in [7, 11) is 0. The summed E-state index contributed by atoms with van der Waals surface area (Å²) in [6.07, 6.45) is 3.61. The number of anilines is 1. The molecule has 1 atom stereocenters. The van der Waals surface area contributed by atoms with Crippen LogP contribution in [0.5, 0.6) is 0 Å². The van der Waals surface area contributed by atoms with Crippen LogP contribution in [-0.2, 0) is 9.59 Å². The lowest BCUT2D eigenvalue weighted by Gasteiger charge is -2.07. The highest BCUT2D eigenvalue weighted by Gasteiger charge is 2.10. The predicted molar refractivity (Wildman–Crippen MR) is 86.5 cm³/mol. The van der Waals surface area contributed by atoms with E-state index in [1.54, 1.807) is 42.5 Å². The van der Waals surface area contributed by atoms with Gasteiger partial charge in [-0.15, -0.1) is 0 Å². The summed E-state index contributed by atoms with van der Waals surface area (Å²) in [5.41, 5.74) is 1.52. The van der Waals surface area contributed by atoms with Crippen LogP contribution in [0.15, 0.2) is 53.2 Å². The van der Waals surface area contributed by atoms with Crippen LogP contribution in [0, 0.1) is 0 Å². The highest BCUT2D eigenvalue weighted by Crippen LogP contribution is 2.12. The molecule has 0 saturated heterocycles. The van der Waals surface area contributed by atoms with Crippen LogP contribution >= 0.6 is 0 Å². The first kappa shape index (κ1) is 16.5. The minimum atomic E-state index is -0.876. The Bertz CT molecular complexity index is 675. The number of amides is 2. The number of carbonyl (C=O) groups is 2. The van der Waals surface area contributed by atoms with E-state index < -0.39 is 6.10 Å². The lowest BCUT2D eigenvalue weighted by molar-refractivity contribution is -0.117. The number of benzene rings is 1. The second kappa shape index (κ2) is 7.95. The number of aliphatic hydroxyl groups is 1. The fourth-order valence-corrected chi connectivity index (χ4v) is 1.89. The van der Waals surface area contributed by atoms with Gasteiger partial charge in [0, 0.05) is 18.7 Å². The van der Waals surface area contributed by atoms with E-state index in [1.807, 2.05) is 0 Å². The summed E-state index contributed by atoms with van der Waals surface area (Å²) in [4.78, 5) is 22.6. The largest absolute Gasteiger partial charge is 0.467 e. The first-order valence-corrected chi connectivity index (χ1v) is 7.09. The third kappa shape index (κ3) is 5.44. The SMILES string of the molecule is CC(=O)Nc1ccc(/C=C/C(=O)NCC(O)c2ccco2)cc1. The molecule has 6 heteroatoms. The van der Waals surface area contributed by atoms with E-state index >= 15 is 0 Å². The third-order valence-corrected chi connectivity index (χ3v) is 3.00. The maximum Gasteiger partial charge on any atom is 0.244 e. The number of aliphatic hydroxyl groups excluding tert-OH is 1. The Morgan fingerprint density at radius 3 is 2.61 bits per heavy atom. The molecule has 0 aliphatic carbocycles. The van der Waals surface area contributed by atoms with E-state index in [1.165, 1.54) is 19.3 Å². The number of nitrogens with one attached hydrogen (secondary N) is 2. The van der Waals surface area contributed by atoms with Crippen molar-refractivity contribution in [2.24, 2.45) is 0 Å². The zero-order chi connectivity index (χ0) is 16.7. The molecule has 6 nitrogen and oxygen atoms in total. The van der Waals surface area contributed by atoms with Crippen molar-refractivity contribution in [1.29, 1.82) is 0 Å². The maximum atomic E-state index is 11.7. The van der Waals surface area contributed by atoms with Gasteiger partial charge < -0.3 is 20.2 Å². The van der Waals surface area contributed by atoms with Gasteiger partial charge in [0.25, 0.3) is 0 Å². The lowest BCUT2D eigenvalue weighted by atomic mass is 10.2. The van der Waals surface area contributed by atoms with Crippen LogP contribution in [0.1, 0.15) is 24.4 Å². The second-order valence-electron chi connectivity index (χ2n) is 4.91. The number of hydrogen-bond donors (Lipinski definition) is 3. The molecule has 23 heavy (non-hydrogen) atoms. The molecule has 0 aliphatic heterocycles. The molecule has 0 saturated carbocycles. The molecule has 0 spiro atoms. The Balaban J connectivity index is 1.82. The van der Waals surface area contributed by atoms with Crippen molar-refractivity contribution in [3.8, 4) is 0 Å². The monoisotopic (exact) mass is 314 g/mol. The Labute approximate surface area is 133 Å². The summed E-state index contributed by atoms with van der Waals surface area (Å²) in [6.45, 7) is 1.51. The number of carbonyl (C=O) groups excluding carboxylic acids is 2. The summed E-state index contributed by atoms with van der Waals surface area (Å²) >= 11 is 0. The van der Waals surface area contributed by atoms with Crippen molar-refractivity contribution in [2.45, 2.75) is 13.0 Å². The molecule has 1 heterocycles. The van der Waals surface area contributed by atoms with E-state index in [2.05, 4.69) is 10.6 Å². The van der Waals surface area contributed by atoms with Crippen molar-refractivity contribution in [1.82, 2.24) is 5.32 Å². The van der Waals surface area contributed by atoms with Gasteiger partial charge in [-0.25, -0.2) is 0 Å². The topological polar surface area (TPSA) is 91.6 Å². The van der Waals surface area contributed by atoms with Gasteiger partial charge in [0.15, 0.2) is 0 Å². The molecule has 0 aliphatic rings. The zero-order valence-electron chi connectivity index (χ0n) is 12.7. The number of furan rings is 1. The third-order valence-electron chi connectivity index (χ3n) is 3.00. The van der Waals surface area contributed by atoms with Gasteiger partial charge in [0.05, 0.1) is 12.8 Å². The number of hydrogen-bond acceptors (Lipinski definition) is 4. The second-order valence-corrected chi connectivity index (χ2v) is 4.91. The maximum absolute atomic E-state index is 11.7. The molecular formula is C17H18N2O4. The molecule has 3 N–H and O–H groups in total. The molecule has 0 radical (unpaired) electrons. The van der Waals surface area contributed by atoms with E-state index in [-0.39, 0.29) is 18.4 Å². The summed E-state index contributed by atoms with van der Waals surface area (Å²) in [6, 6.07) is 10.4. The normalized spacial score (nSPS) is 12.1. The smallest absolute Gasteiger partial charge is 0.244 e. The van der Waals surface area contributed by atoms with Crippen molar-refractivity contribution in [3.05, 3.63) is 60.1 Å². The van der Waals surface area contributed by atoms with Crippen molar-refractivity contribution >= 4 is 23.6 Å². The van der Waals surface area contributed by atoms with Crippen LogP contribution in [-0.4, -0.2) is 23.5 Å². The minimum Gasteiger partial charge on any atom is -0.467 e. The fourth-order valence-electron chi connectivity index (χ4n) is 1.89. The molecule has 0 fully saturated rings. The van der Waals surface area contributed by atoms with Crippen molar-refractivity contribution in [3.63, 3.8) is 0 Å². The Kier molecular flexibility index (Phi) is 5.71. The molecule has 2 aromatic rings. The molecule has 1 aromatic heterocycles. The average Bonchev–Trinajstić information content (AvgIpc) is 3.06. The quantitative estimate of drug-likeness (QED) is 0.712. The summed E-state index contributed by atoms with van der Waals surface area (Å²) in [5.74, 6) is -0.0489. The molecule has 1 aromatic carbocycles. The fraction of sp³-hybridized carbons (Fsp3) is 0.176. The van der Waals surface area contributed by atoms with E-state index in [0.29, 0.717) is 11.4 Å². The molecule has 1 unspecified atom stereocenters. The van der Waals surface area contributed by atoms with Gasteiger partial charge in [-0.05, 0) is 35.9 Å². The van der Waals surface area contributed by atoms with E-state index in [4.69, 9.17) is 4.42 Å². The first-order chi connectivity index (χ1) is 11.0. The van der Waals surface area contributed by atoms with Crippen molar-refractivity contribution in [2.75, 3.05) is 11.9 Å². The highest BCUT2D eigenvalue weighted by atomic mass is 16.4. The van der Waals surface area contributed by atoms with Gasteiger partial charge in [-0.3, -0.25) is 9.59 Å². The van der Waals surface area contributed by atoms with Crippen LogP contribution < -0.4 is 10.6 Å². The standard InChI is InChI=1S/C17H18N2O4/c1-12(20)19-14-7-4-13(5-8-14)6-9-17(22)18-11-15(21)16-3-2-10-23-16/h2-10,15,21H,11H2,1H3,(H,18,22)(H,19,20)/b9-6+. The van der Waals surface area contributed by atoms with Crippen LogP contribution in [0.25, 0.3) is 6.08 Å². The summed E-state index contributed by atoms with van der Waals surface area (Å²) < 4.78 is 5.05. The van der Waals surface area contributed by atoms with E-state index in [9.17, 15) is 14.7 Å². The van der Waals surface area contributed by atoms with Crippen LogP contribution in [0.3, 0.4) is 0 Å². The molecule has 2 rings (SSSR count).